The molecular formula is C18H31FIN5. The van der Waals surface area contributed by atoms with E-state index in [4.69, 9.17) is 5.73 Å². The van der Waals surface area contributed by atoms with Gasteiger partial charge in [-0.05, 0) is 32.4 Å². The summed E-state index contributed by atoms with van der Waals surface area (Å²) < 4.78 is 13.8. The van der Waals surface area contributed by atoms with Gasteiger partial charge < -0.3 is 15.5 Å². The van der Waals surface area contributed by atoms with Crippen molar-refractivity contribution >= 4 is 35.6 Å². The second-order valence-corrected chi connectivity index (χ2v) is 6.05. The van der Waals surface area contributed by atoms with Gasteiger partial charge in [0.05, 0.1) is 5.69 Å². The SMILES string of the molecule is CCN(CC)C(N)=NCCCN1CCN(c2ccccc2F)CC1.I. The summed E-state index contributed by atoms with van der Waals surface area (Å²) in [7, 11) is 0. The molecule has 0 aliphatic carbocycles. The minimum Gasteiger partial charge on any atom is -0.370 e. The molecule has 1 heterocycles. The average molecular weight is 463 g/mol. The first-order valence-corrected chi connectivity index (χ1v) is 8.92. The molecule has 1 aliphatic rings. The molecule has 7 heteroatoms. The number of benzene rings is 1. The minimum atomic E-state index is -0.132. The number of hydrogen-bond acceptors (Lipinski definition) is 3. The zero-order valence-corrected chi connectivity index (χ0v) is 17.7. The van der Waals surface area contributed by atoms with Crippen LogP contribution in [0.1, 0.15) is 20.3 Å². The number of para-hydroxylation sites is 1. The van der Waals surface area contributed by atoms with E-state index in [0.29, 0.717) is 11.6 Å². The molecule has 0 amide bonds. The van der Waals surface area contributed by atoms with Gasteiger partial charge in [-0.3, -0.25) is 9.89 Å². The Bertz CT molecular complexity index is 528. The van der Waals surface area contributed by atoms with Crippen molar-refractivity contribution in [1.29, 1.82) is 0 Å². The lowest BCUT2D eigenvalue weighted by molar-refractivity contribution is 0.255. The highest BCUT2D eigenvalue weighted by molar-refractivity contribution is 14.0. The van der Waals surface area contributed by atoms with Gasteiger partial charge in [-0.2, -0.15) is 0 Å². The van der Waals surface area contributed by atoms with E-state index in [0.717, 1.165) is 58.8 Å². The van der Waals surface area contributed by atoms with Gasteiger partial charge in [0, 0.05) is 52.4 Å². The normalized spacial score (nSPS) is 15.8. The second kappa shape index (κ2) is 11.5. The number of nitrogens with two attached hydrogens (primary N) is 1. The maximum atomic E-state index is 13.8. The lowest BCUT2D eigenvalue weighted by atomic mass is 10.2. The number of piperazine rings is 1. The molecule has 1 aliphatic heterocycles. The van der Waals surface area contributed by atoms with Crippen molar-refractivity contribution in [3.05, 3.63) is 30.1 Å². The molecule has 0 unspecified atom stereocenters. The molecule has 1 aromatic carbocycles. The van der Waals surface area contributed by atoms with Crippen LogP contribution in [0.3, 0.4) is 0 Å². The van der Waals surface area contributed by atoms with Crippen LogP contribution in [0.2, 0.25) is 0 Å². The van der Waals surface area contributed by atoms with E-state index in [9.17, 15) is 4.39 Å². The fraction of sp³-hybridized carbons (Fsp3) is 0.611. The summed E-state index contributed by atoms with van der Waals surface area (Å²) in [6.45, 7) is 11.4. The largest absolute Gasteiger partial charge is 0.370 e. The van der Waals surface area contributed by atoms with Crippen molar-refractivity contribution in [2.24, 2.45) is 10.7 Å². The Kier molecular flexibility index (Phi) is 10.1. The van der Waals surface area contributed by atoms with Crippen LogP contribution in [0.5, 0.6) is 0 Å². The third-order valence-corrected chi connectivity index (χ3v) is 4.56. The molecule has 0 saturated carbocycles. The Morgan fingerprint density at radius 2 is 1.80 bits per heavy atom. The lowest BCUT2D eigenvalue weighted by Gasteiger charge is -2.36. The van der Waals surface area contributed by atoms with Gasteiger partial charge in [0.15, 0.2) is 5.96 Å². The number of nitrogens with zero attached hydrogens (tertiary/aromatic N) is 4. The van der Waals surface area contributed by atoms with Gasteiger partial charge in [-0.1, -0.05) is 12.1 Å². The molecule has 0 spiro atoms. The lowest BCUT2D eigenvalue weighted by Crippen LogP contribution is -2.47. The molecule has 5 nitrogen and oxygen atoms in total. The summed E-state index contributed by atoms with van der Waals surface area (Å²) in [4.78, 5) is 11.1. The quantitative estimate of drug-likeness (QED) is 0.293. The Morgan fingerprint density at radius 1 is 1.16 bits per heavy atom. The maximum Gasteiger partial charge on any atom is 0.191 e. The summed E-state index contributed by atoms with van der Waals surface area (Å²) in [6, 6.07) is 7.01. The summed E-state index contributed by atoms with van der Waals surface area (Å²) in [5.41, 5.74) is 6.69. The molecule has 142 valence electrons. The number of aliphatic imine (C=N–C) groups is 1. The van der Waals surface area contributed by atoms with Crippen LogP contribution >= 0.6 is 24.0 Å². The maximum absolute atomic E-state index is 13.8. The van der Waals surface area contributed by atoms with Crippen LogP contribution in [-0.4, -0.2) is 68.1 Å². The van der Waals surface area contributed by atoms with E-state index < -0.39 is 0 Å². The summed E-state index contributed by atoms with van der Waals surface area (Å²) in [5, 5.41) is 0. The first kappa shape index (κ1) is 22.0. The molecule has 1 fully saturated rings. The molecule has 1 saturated heterocycles. The Balaban J connectivity index is 0.00000312. The second-order valence-electron chi connectivity index (χ2n) is 6.05. The van der Waals surface area contributed by atoms with Crippen molar-refractivity contribution in [3.8, 4) is 0 Å². The van der Waals surface area contributed by atoms with Gasteiger partial charge in [0.25, 0.3) is 0 Å². The fourth-order valence-electron chi connectivity index (χ4n) is 3.06. The molecule has 0 radical (unpaired) electrons. The Morgan fingerprint density at radius 3 is 2.40 bits per heavy atom. The summed E-state index contributed by atoms with van der Waals surface area (Å²) >= 11 is 0. The third-order valence-electron chi connectivity index (χ3n) is 4.56. The smallest absolute Gasteiger partial charge is 0.191 e. The van der Waals surface area contributed by atoms with Crippen LogP contribution in [0.15, 0.2) is 29.3 Å². The van der Waals surface area contributed by atoms with Crippen LogP contribution in [0.25, 0.3) is 0 Å². The predicted molar refractivity (Wildman–Crippen MR) is 114 cm³/mol. The minimum absolute atomic E-state index is 0. The van der Waals surface area contributed by atoms with E-state index in [1.54, 1.807) is 6.07 Å². The molecule has 2 rings (SSSR count). The zero-order chi connectivity index (χ0) is 17.4. The van der Waals surface area contributed by atoms with Crippen molar-refractivity contribution in [1.82, 2.24) is 9.80 Å². The van der Waals surface area contributed by atoms with Crippen molar-refractivity contribution < 1.29 is 4.39 Å². The highest BCUT2D eigenvalue weighted by Crippen LogP contribution is 2.20. The van der Waals surface area contributed by atoms with Crippen LogP contribution in [0, 0.1) is 5.82 Å². The van der Waals surface area contributed by atoms with Gasteiger partial charge in [0.1, 0.15) is 5.82 Å². The van der Waals surface area contributed by atoms with Crippen molar-refractivity contribution in [2.75, 3.05) is 57.3 Å². The van der Waals surface area contributed by atoms with Crippen LogP contribution in [-0.2, 0) is 0 Å². The Labute approximate surface area is 168 Å². The molecule has 1 aromatic rings. The van der Waals surface area contributed by atoms with Crippen LogP contribution < -0.4 is 10.6 Å². The van der Waals surface area contributed by atoms with E-state index in [-0.39, 0.29) is 29.8 Å². The van der Waals surface area contributed by atoms with Crippen molar-refractivity contribution in [3.63, 3.8) is 0 Å². The van der Waals surface area contributed by atoms with Gasteiger partial charge >= 0.3 is 0 Å². The number of halogens is 2. The highest BCUT2D eigenvalue weighted by Gasteiger charge is 2.18. The van der Waals surface area contributed by atoms with Gasteiger partial charge in [-0.15, -0.1) is 24.0 Å². The van der Waals surface area contributed by atoms with E-state index in [1.807, 2.05) is 12.1 Å². The van der Waals surface area contributed by atoms with Gasteiger partial charge in [0.2, 0.25) is 0 Å². The van der Waals surface area contributed by atoms with Crippen LogP contribution in [0.4, 0.5) is 10.1 Å². The fourth-order valence-corrected chi connectivity index (χ4v) is 3.06. The van der Waals surface area contributed by atoms with E-state index in [1.165, 1.54) is 6.07 Å². The third kappa shape index (κ3) is 6.62. The molecular weight excluding hydrogens is 432 g/mol. The van der Waals surface area contributed by atoms with Gasteiger partial charge in [-0.25, -0.2) is 4.39 Å². The predicted octanol–water partition coefficient (Wildman–Crippen LogP) is 2.61. The standard InChI is InChI=1S/C18H30FN5.HI/c1-3-23(4-2)18(20)21-10-7-11-22-12-14-24(15-13-22)17-9-6-5-8-16(17)19;/h5-6,8-9H,3-4,7,10-15H2,1-2H3,(H2,20,21);1H. The Hall–Kier alpha value is -1.09. The molecule has 25 heavy (non-hydrogen) atoms. The number of anilines is 1. The number of hydrogen-bond donors (Lipinski definition) is 1. The van der Waals surface area contributed by atoms with E-state index >= 15 is 0 Å². The summed E-state index contributed by atoms with van der Waals surface area (Å²) in [6.07, 6.45) is 1.00. The highest BCUT2D eigenvalue weighted by atomic mass is 127. The number of guanidine groups is 1. The number of rotatable bonds is 7. The molecule has 0 atom stereocenters. The van der Waals surface area contributed by atoms with Crippen molar-refractivity contribution in [2.45, 2.75) is 20.3 Å². The average Bonchev–Trinajstić information content (AvgIpc) is 2.61. The molecule has 0 bridgehead atoms. The topological polar surface area (TPSA) is 48.1 Å². The first-order valence-electron chi connectivity index (χ1n) is 8.92. The molecule has 0 aromatic heterocycles. The summed E-state index contributed by atoms with van der Waals surface area (Å²) in [5.74, 6) is 0.511. The molecule has 2 N–H and O–H groups in total. The first-order chi connectivity index (χ1) is 11.7. The van der Waals surface area contributed by atoms with E-state index in [2.05, 4.69) is 33.5 Å². The zero-order valence-electron chi connectivity index (χ0n) is 15.3. The monoisotopic (exact) mass is 463 g/mol.